The van der Waals surface area contributed by atoms with E-state index in [4.69, 9.17) is 9.47 Å². The number of hydrogen-bond donors (Lipinski definition) is 2. The van der Waals surface area contributed by atoms with E-state index >= 15 is 0 Å². The fraction of sp³-hybridized carbons (Fsp3) is 0.318. The molecule has 2 heterocycles. The summed E-state index contributed by atoms with van der Waals surface area (Å²) in [6.45, 7) is 1.88. The number of ether oxygens (including phenoxy) is 2. The van der Waals surface area contributed by atoms with Gasteiger partial charge in [-0.25, -0.2) is 0 Å². The molecule has 1 aromatic heterocycles. The summed E-state index contributed by atoms with van der Waals surface area (Å²) in [5.74, 6) is 1.51. The topological polar surface area (TPSA) is 91.6 Å². The van der Waals surface area contributed by atoms with Crippen LogP contribution in [0.25, 0.3) is 10.9 Å². The zero-order chi connectivity index (χ0) is 20.6. The number of amidine groups is 1. The van der Waals surface area contributed by atoms with Crippen molar-refractivity contribution in [2.45, 2.75) is 18.9 Å². The first-order valence-electron chi connectivity index (χ1n) is 9.98. The number of thioether (sulfide) groups is 1. The molecular formula is C22H24N4O3S. The minimum Gasteiger partial charge on any atom is -0.493 e. The average molecular weight is 425 g/mol. The highest BCUT2D eigenvalue weighted by Gasteiger charge is 2.15. The Hall–Kier alpha value is -2.84. The highest BCUT2D eigenvalue weighted by atomic mass is 32.2. The van der Waals surface area contributed by atoms with Crippen LogP contribution in [0.3, 0.4) is 0 Å². The van der Waals surface area contributed by atoms with E-state index in [9.17, 15) is 5.11 Å². The van der Waals surface area contributed by atoms with Crippen molar-refractivity contribution in [2.75, 3.05) is 25.5 Å². The second-order valence-electron chi connectivity index (χ2n) is 6.84. The van der Waals surface area contributed by atoms with Crippen LogP contribution in [-0.4, -0.2) is 46.9 Å². The Morgan fingerprint density at radius 1 is 1.17 bits per heavy atom. The third kappa shape index (κ3) is 5.40. The number of aromatic hydroxyl groups is 1. The number of aliphatic imine (C=N–C) groups is 1. The minimum absolute atomic E-state index is 0.00385. The van der Waals surface area contributed by atoms with Gasteiger partial charge in [0.15, 0.2) is 5.69 Å². The number of para-hydroxylation sites is 2. The van der Waals surface area contributed by atoms with Crippen molar-refractivity contribution >= 4 is 33.5 Å². The molecule has 156 valence electrons. The van der Waals surface area contributed by atoms with Crippen LogP contribution in [0.2, 0.25) is 0 Å². The van der Waals surface area contributed by atoms with Gasteiger partial charge in [0.25, 0.3) is 0 Å². The molecule has 0 unspecified atom stereocenters. The lowest BCUT2D eigenvalue weighted by molar-refractivity contribution is 0.118. The Morgan fingerprint density at radius 2 is 2.00 bits per heavy atom. The maximum absolute atomic E-state index is 10.2. The van der Waals surface area contributed by atoms with Gasteiger partial charge in [-0.3, -0.25) is 4.99 Å². The van der Waals surface area contributed by atoms with Gasteiger partial charge in [0, 0.05) is 17.7 Å². The molecule has 0 saturated carbocycles. The van der Waals surface area contributed by atoms with Crippen molar-refractivity contribution < 1.29 is 14.6 Å². The van der Waals surface area contributed by atoms with Gasteiger partial charge in [0.1, 0.15) is 5.75 Å². The lowest BCUT2D eigenvalue weighted by Crippen LogP contribution is -2.10. The van der Waals surface area contributed by atoms with E-state index in [1.807, 2.05) is 54.6 Å². The molecule has 2 aromatic carbocycles. The van der Waals surface area contributed by atoms with E-state index in [1.54, 1.807) is 0 Å². The number of aromatic amines is 1. The van der Waals surface area contributed by atoms with Crippen molar-refractivity contribution in [2.24, 2.45) is 15.2 Å². The Bertz CT molecular complexity index is 1010. The molecule has 0 bridgehead atoms. The van der Waals surface area contributed by atoms with E-state index in [0.717, 1.165) is 36.1 Å². The van der Waals surface area contributed by atoms with E-state index in [1.165, 1.54) is 11.8 Å². The number of benzene rings is 2. The van der Waals surface area contributed by atoms with Gasteiger partial charge in [-0.15, -0.1) is 10.2 Å². The van der Waals surface area contributed by atoms with Crippen molar-refractivity contribution in [1.82, 2.24) is 4.98 Å². The summed E-state index contributed by atoms with van der Waals surface area (Å²) in [6, 6.07) is 17.3. The largest absolute Gasteiger partial charge is 0.493 e. The second-order valence-corrected chi connectivity index (χ2v) is 7.90. The van der Waals surface area contributed by atoms with Gasteiger partial charge >= 0.3 is 0 Å². The Balaban J connectivity index is 1.43. The fourth-order valence-corrected chi connectivity index (χ4v) is 3.80. The number of H-pyrrole nitrogens is 1. The van der Waals surface area contributed by atoms with Crippen LogP contribution in [0.5, 0.6) is 11.6 Å². The maximum Gasteiger partial charge on any atom is 0.218 e. The number of hydrogen-bond acceptors (Lipinski definition) is 6. The lowest BCUT2D eigenvalue weighted by Gasteiger charge is -2.07. The molecule has 0 amide bonds. The summed E-state index contributed by atoms with van der Waals surface area (Å²) < 4.78 is 11.4. The molecular weight excluding hydrogens is 400 g/mol. The molecule has 1 aliphatic heterocycles. The molecule has 4 rings (SSSR count). The summed E-state index contributed by atoms with van der Waals surface area (Å²) in [6.07, 6.45) is 2.22. The second kappa shape index (κ2) is 10.3. The van der Waals surface area contributed by atoms with E-state index in [0.29, 0.717) is 29.8 Å². The van der Waals surface area contributed by atoms with Crippen LogP contribution < -0.4 is 4.74 Å². The fourth-order valence-electron chi connectivity index (χ4n) is 3.19. The van der Waals surface area contributed by atoms with Crippen LogP contribution in [0.1, 0.15) is 12.8 Å². The maximum atomic E-state index is 10.2. The lowest BCUT2D eigenvalue weighted by atomic mass is 10.2. The van der Waals surface area contributed by atoms with E-state index < -0.39 is 0 Å². The van der Waals surface area contributed by atoms with E-state index in [2.05, 4.69) is 20.2 Å². The Kier molecular flexibility index (Phi) is 6.99. The molecule has 0 radical (unpaired) electrons. The zero-order valence-corrected chi connectivity index (χ0v) is 17.3. The van der Waals surface area contributed by atoms with Crippen LogP contribution in [0, 0.1) is 0 Å². The summed E-state index contributed by atoms with van der Waals surface area (Å²) in [5.41, 5.74) is 1.22. The first-order valence-corrected chi connectivity index (χ1v) is 11.0. The number of nitrogens with zero attached hydrogens (tertiary/aromatic N) is 3. The number of rotatable bonds is 7. The molecule has 8 heteroatoms. The molecule has 2 N–H and O–H groups in total. The standard InChI is InChI=1S/C22H24N4O3S/c27-21-20(18-10-4-5-11-19(18)24-21)25-26-22(23-15-17-9-6-12-28-17)30-14-13-29-16-7-2-1-3-8-16/h1-5,7-8,10-11,17,24,27H,6,9,12-15H2/t17-/m0/s1. The Labute approximate surface area is 179 Å². The van der Waals surface area contributed by atoms with Gasteiger partial charge in [-0.05, 0) is 31.0 Å². The molecule has 7 nitrogen and oxygen atoms in total. The highest BCUT2D eigenvalue weighted by Crippen LogP contribution is 2.35. The highest BCUT2D eigenvalue weighted by molar-refractivity contribution is 8.13. The predicted molar refractivity (Wildman–Crippen MR) is 120 cm³/mol. The molecule has 1 atom stereocenters. The van der Waals surface area contributed by atoms with Crippen molar-refractivity contribution in [1.29, 1.82) is 0 Å². The smallest absolute Gasteiger partial charge is 0.218 e. The van der Waals surface area contributed by atoms with Crippen LogP contribution in [-0.2, 0) is 4.74 Å². The monoisotopic (exact) mass is 424 g/mol. The number of nitrogens with one attached hydrogen (secondary N) is 1. The average Bonchev–Trinajstić information content (AvgIpc) is 3.40. The number of aromatic nitrogens is 1. The third-order valence-corrected chi connectivity index (χ3v) is 5.52. The molecule has 0 aliphatic carbocycles. The molecule has 1 saturated heterocycles. The SMILES string of the molecule is Oc1[nH]c2ccccc2c1N=NC(=NC[C@@H]1CCCO1)SCCOc1ccccc1. The summed E-state index contributed by atoms with van der Waals surface area (Å²) >= 11 is 1.47. The van der Waals surface area contributed by atoms with Crippen molar-refractivity contribution in [3.05, 3.63) is 54.6 Å². The molecule has 0 spiro atoms. The van der Waals surface area contributed by atoms with Crippen LogP contribution in [0.4, 0.5) is 5.69 Å². The molecule has 1 aliphatic rings. The zero-order valence-electron chi connectivity index (χ0n) is 16.5. The van der Waals surface area contributed by atoms with Gasteiger partial charge < -0.3 is 19.6 Å². The first-order chi connectivity index (χ1) is 14.8. The quantitative estimate of drug-likeness (QED) is 0.233. The Morgan fingerprint density at radius 3 is 2.83 bits per heavy atom. The minimum atomic E-state index is -0.00385. The van der Waals surface area contributed by atoms with Crippen molar-refractivity contribution in [3.8, 4) is 11.6 Å². The predicted octanol–water partition coefficient (Wildman–Crippen LogP) is 5.30. The van der Waals surface area contributed by atoms with Gasteiger partial charge in [0.2, 0.25) is 11.0 Å². The van der Waals surface area contributed by atoms with Crippen molar-refractivity contribution in [3.63, 3.8) is 0 Å². The number of fused-ring (bicyclic) bond motifs is 1. The van der Waals surface area contributed by atoms with Crippen LogP contribution >= 0.6 is 11.8 Å². The summed E-state index contributed by atoms with van der Waals surface area (Å²) in [4.78, 5) is 7.52. The number of azo groups is 1. The van der Waals surface area contributed by atoms with Gasteiger partial charge in [0.05, 0.1) is 24.8 Å². The molecule has 30 heavy (non-hydrogen) atoms. The van der Waals surface area contributed by atoms with Gasteiger partial charge in [-0.2, -0.15) is 0 Å². The first kappa shape index (κ1) is 20.4. The summed E-state index contributed by atoms with van der Waals surface area (Å²) in [5, 5.41) is 20.2. The van der Waals surface area contributed by atoms with E-state index in [-0.39, 0.29) is 12.0 Å². The summed E-state index contributed by atoms with van der Waals surface area (Å²) in [7, 11) is 0. The molecule has 3 aromatic rings. The third-order valence-electron chi connectivity index (χ3n) is 4.68. The normalized spacial score (nSPS) is 17.2. The molecule has 1 fully saturated rings. The van der Waals surface area contributed by atoms with Crippen LogP contribution in [0.15, 0.2) is 69.8 Å². The van der Waals surface area contributed by atoms with Gasteiger partial charge in [-0.1, -0.05) is 48.2 Å².